The fourth-order valence-electron chi connectivity index (χ4n) is 1.85. The number of aliphatic imine (C=N–C) groups is 1. The first kappa shape index (κ1) is 16.2. The number of nitrogens with zero attached hydrogens (tertiary/aromatic N) is 1. The maximum atomic E-state index is 9.20. The summed E-state index contributed by atoms with van der Waals surface area (Å²) in [5.41, 5.74) is 8.08. The van der Waals surface area contributed by atoms with Gasteiger partial charge in [-0.15, -0.1) is 24.0 Å². The maximum absolute atomic E-state index is 9.20. The second-order valence-corrected chi connectivity index (χ2v) is 5.04. The van der Waals surface area contributed by atoms with Crippen molar-refractivity contribution >= 4 is 35.6 Å². The van der Waals surface area contributed by atoms with Crippen molar-refractivity contribution in [2.24, 2.45) is 16.1 Å². The number of anilines is 1. The van der Waals surface area contributed by atoms with E-state index in [0.717, 1.165) is 24.9 Å². The Hall–Kier alpha value is -0.820. The Balaban J connectivity index is 0.00000180. The van der Waals surface area contributed by atoms with Crippen LogP contribution in [0.3, 0.4) is 0 Å². The van der Waals surface area contributed by atoms with Crippen molar-refractivity contribution in [1.29, 1.82) is 0 Å². The fourth-order valence-corrected chi connectivity index (χ4v) is 1.85. The standard InChI is InChI=1S/C14H21N3O.HI/c1-2-11-4-3-5-12(8-11)17-13(15)16-9-14(10-18)6-7-14;/h3-5,8,18H,2,6-7,9-10H2,1H3,(H3,15,16,17);1H. The van der Waals surface area contributed by atoms with Gasteiger partial charge in [-0.3, -0.25) is 4.99 Å². The van der Waals surface area contributed by atoms with Gasteiger partial charge in [0.05, 0.1) is 13.2 Å². The van der Waals surface area contributed by atoms with Gasteiger partial charge >= 0.3 is 0 Å². The fraction of sp³-hybridized carbons (Fsp3) is 0.500. The highest BCUT2D eigenvalue weighted by molar-refractivity contribution is 14.0. The van der Waals surface area contributed by atoms with Gasteiger partial charge in [0, 0.05) is 11.1 Å². The van der Waals surface area contributed by atoms with E-state index in [-0.39, 0.29) is 36.0 Å². The quantitative estimate of drug-likeness (QED) is 0.421. The lowest BCUT2D eigenvalue weighted by Crippen LogP contribution is -2.24. The number of hydrogen-bond donors (Lipinski definition) is 3. The van der Waals surface area contributed by atoms with Crippen LogP contribution in [0.5, 0.6) is 0 Å². The van der Waals surface area contributed by atoms with Crippen LogP contribution in [0.4, 0.5) is 5.69 Å². The summed E-state index contributed by atoms with van der Waals surface area (Å²) < 4.78 is 0. The van der Waals surface area contributed by atoms with E-state index in [1.165, 1.54) is 5.56 Å². The second-order valence-electron chi connectivity index (χ2n) is 5.04. The maximum Gasteiger partial charge on any atom is 0.193 e. The molecule has 0 aliphatic heterocycles. The van der Waals surface area contributed by atoms with E-state index < -0.39 is 0 Å². The number of benzene rings is 1. The lowest BCUT2D eigenvalue weighted by molar-refractivity contribution is 0.217. The van der Waals surface area contributed by atoms with Crippen LogP contribution < -0.4 is 11.1 Å². The zero-order valence-electron chi connectivity index (χ0n) is 11.2. The topological polar surface area (TPSA) is 70.6 Å². The molecular weight excluding hydrogens is 353 g/mol. The predicted molar refractivity (Wildman–Crippen MR) is 90.1 cm³/mol. The highest BCUT2D eigenvalue weighted by Gasteiger charge is 2.41. The average molecular weight is 375 g/mol. The molecule has 0 radical (unpaired) electrons. The molecule has 1 fully saturated rings. The highest BCUT2D eigenvalue weighted by Crippen LogP contribution is 2.45. The number of rotatable bonds is 5. The normalized spacial score (nSPS) is 16.6. The van der Waals surface area contributed by atoms with E-state index in [1.54, 1.807) is 0 Å². The Morgan fingerprint density at radius 3 is 2.79 bits per heavy atom. The van der Waals surface area contributed by atoms with Crippen LogP contribution in [-0.4, -0.2) is 24.2 Å². The monoisotopic (exact) mass is 375 g/mol. The van der Waals surface area contributed by atoms with Gasteiger partial charge in [0.1, 0.15) is 0 Å². The van der Waals surface area contributed by atoms with E-state index in [1.807, 2.05) is 12.1 Å². The van der Waals surface area contributed by atoms with Crippen LogP contribution >= 0.6 is 24.0 Å². The summed E-state index contributed by atoms with van der Waals surface area (Å²) in [7, 11) is 0. The van der Waals surface area contributed by atoms with Gasteiger partial charge in [-0.1, -0.05) is 19.1 Å². The molecule has 1 aromatic rings. The molecule has 1 saturated carbocycles. The van der Waals surface area contributed by atoms with Gasteiger partial charge in [0.15, 0.2) is 5.96 Å². The summed E-state index contributed by atoms with van der Waals surface area (Å²) >= 11 is 0. The summed E-state index contributed by atoms with van der Waals surface area (Å²) in [5.74, 6) is 0.419. The number of halogens is 1. The zero-order valence-corrected chi connectivity index (χ0v) is 13.6. The molecule has 0 atom stereocenters. The lowest BCUT2D eigenvalue weighted by atomic mass is 10.1. The molecule has 4 N–H and O–H groups in total. The van der Waals surface area contributed by atoms with Gasteiger partial charge in [-0.05, 0) is 37.0 Å². The molecule has 4 nitrogen and oxygen atoms in total. The number of aliphatic hydroxyl groups excluding tert-OH is 1. The Kier molecular flexibility index (Phi) is 6.06. The number of aliphatic hydroxyl groups is 1. The number of aryl methyl sites for hydroxylation is 1. The van der Waals surface area contributed by atoms with Crippen LogP contribution in [0.15, 0.2) is 29.3 Å². The highest BCUT2D eigenvalue weighted by atomic mass is 127. The molecule has 19 heavy (non-hydrogen) atoms. The van der Waals surface area contributed by atoms with Crippen molar-refractivity contribution in [3.63, 3.8) is 0 Å². The van der Waals surface area contributed by atoms with Crippen molar-refractivity contribution in [2.45, 2.75) is 26.2 Å². The van der Waals surface area contributed by atoms with Gasteiger partial charge in [-0.25, -0.2) is 0 Å². The Labute approximate surface area is 131 Å². The number of hydrogen-bond acceptors (Lipinski definition) is 2. The molecular formula is C14H22IN3O. The van der Waals surface area contributed by atoms with Crippen LogP contribution in [0.2, 0.25) is 0 Å². The van der Waals surface area contributed by atoms with Gasteiger partial charge in [0.2, 0.25) is 0 Å². The van der Waals surface area contributed by atoms with Crippen LogP contribution in [0.1, 0.15) is 25.3 Å². The van der Waals surface area contributed by atoms with Gasteiger partial charge in [0.25, 0.3) is 0 Å². The summed E-state index contributed by atoms with van der Waals surface area (Å²) in [6.07, 6.45) is 3.09. The van der Waals surface area contributed by atoms with Crippen molar-refractivity contribution in [3.8, 4) is 0 Å². The van der Waals surface area contributed by atoms with E-state index in [9.17, 15) is 5.11 Å². The van der Waals surface area contributed by atoms with E-state index in [4.69, 9.17) is 5.73 Å². The van der Waals surface area contributed by atoms with Crippen molar-refractivity contribution in [3.05, 3.63) is 29.8 Å². The largest absolute Gasteiger partial charge is 0.396 e. The zero-order chi connectivity index (χ0) is 13.0. The first-order valence-corrected chi connectivity index (χ1v) is 6.44. The van der Waals surface area contributed by atoms with Crippen LogP contribution in [-0.2, 0) is 6.42 Å². The number of nitrogens with two attached hydrogens (primary N) is 1. The molecule has 106 valence electrons. The Morgan fingerprint density at radius 1 is 1.47 bits per heavy atom. The van der Waals surface area contributed by atoms with E-state index in [2.05, 4.69) is 29.4 Å². The molecule has 1 aromatic carbocycles. The summed E-state index contributed by atoms with van der Waals surface area (Å²) in [4.78, 5) is 4.30. The first-order chi connectivity index (χ1) is 8.67. The van der Waals surface area contributed by atoms with Crippen molar-refractivity contribution in [1.82, 2.24) is 0 Å². The van der Waals surface area contributed by atoms with Crippen LogP contribution in [0, 0.1) is 5.41 Å². The van der Waals surface area contributed by atoms with Crippen LogP contribution in [0.25, 0.3) is 0 Å². The minimum absolute atomic E-state index is 0. The summed E-state index contributed by atoms with van der Waals surface area (Å²) in [6.45, 7) is 2.93. The molecule has 2 rings (SSSR count). The molecule has 0 heterocycles. The molecule has 0 unspecified atom stereocenters. The Bertz CT molecular complexity index is 444. The predicted octanol–water partition coefficient (Wildman–Crippen LogP) is 2.37. The second kappa shape index (κ2) is 7.09. The third-order valence-corrected chi connectivity index (χ3v) is 3.48. The number of guanidine groups is 1. The molecule has 0 spiro atoms. The minimum atomic E-state index is 0. The molecule has 1 aliphatic carbocycles. The summed E-state index contributed by atoms with van der Waals surface area (Å²) in [5, 5.41) is 12.3. The van der Waals surface area contributed by atoms with Gasteiger partial charge < -0.3 is 16.2 Å². The third kappa shape index (κ3) is 4.65. The summed E-state index contributed by atoms with van der Waals surface area (Å²) in [6, 6.07) is 8.13. The molecule has 0 saturated heterocycles. The van der Waals surface area contributed by atoms with Gasteiger partial charge in [-0.2, -0.15) is 0 Å². The van der Waals surface area contributed by atoms with E-state index >= 15 is 0 Å². The molecule has 1 aliphatic rings. The smallest absolute Gasteiger partial charge is 0.193 e. The van der Waals surface area contributed by atoms with Crippen molar-refractivity contribution in [2.75, 3.05) is 18.5 Å². The Morgan fingerprint density at radius 2 is 2.21 bits per heavy atom. The van der Waals surface area contributed by atoms with E-state index in [0.29, 0.717) is 12.5 Å². The third-order valence-electron chi connectivity index (χ3n) is 3.48. The van der Waals surface area contributed by atoms with Crippen molar-refractivity contribution < 1.29 is 5.11 Å². The molecule has 0 amide bonds. The first-order valence-electron chi connectivity index (χ1n) is 6.44. The molecule has 5 heteroatoms. The SMILES string of the molecule is CCc1cccc(NC(N)=NCC2(CO)CC2)c1.I. The average Bonchev–Trinajstić information content (AvgIpc) is 3.17. The lowest BCUT2D eigenvalue weighted by Gasteiger charge is -2.10. The number of nitrogens with one attached hydrogen (secondary N) is 1. The molecule has 0 bridgehead atoms. The molecule has 0 aromatic heterocycles. The minimum Gasteiger partial charge on any atom is -0.396 e.